The van der Waals surface area contributed by atoms with Gasteiger partial charge in [0.25, 0.3) is 0 Å². The van der Waals surface area contributed by atoms with Crippen LogP contribution in [0.1, 0.15) is 34.6 Å². The molecule has 1 rings (SSSR count). The molecule has 1 heterocycles. The van der Waals surface area contributed by atoms with E-state index in [0.29, 0.717) is 18.6 Å². The second kappa shape index (κ2) is 6.85. The van der Waals surface area contributed by atoms with Crippen molar-refractivity contribution >= 4 is 0 Å². The minimum absolute atomic E-state index is 0.425. The highest BCUT2D eigenvalue weighted by Crippen LogP contribution is 2.10. The van der Waals surface area contributed by atoms with Crippen molar-refractivity contribution < 1.29 is 5.11 Å². The molecule has 0 radical (unpaired) electrons. The summed E-state index contributed by atoms with van der Waals surface area (Å²) in [6.45, 7) is 16.4. The molecule has 18 heavy (non-hydrogen) atoms. The van der Waals surface area contributed by atoms with E-state index in [1.807, 2.05) is 6.92 Å². The third-order valence-corrected chi connectivity index (χ3v) is 3.59. The fraction of sp³-hybridized carbons (Fsp3) is 1.00. The largest absolute Gasteiger partial charge is 0.388 e. The van der Waals surface area contributed by atoms with E-state index in [0.717, 1.165) is 32.7 Å². The molecule has 4 heteroatoms. The molecule has 0 aromatic heterocycles. The van der Waals surface area contributed by atoms with Crippen molar-refractivity contribution in [1.82, 2.24) is 15.1 Å². The van der Waals surface area contributed by atoms with Gasteiger partial charge in [-0.15, -0.1) is 0 Å². The highest BCUT2D eigenvalue weighted by atomic mass is 16.3. The van der Waals surface area contributed by atoms with Crippen LogP contribution in [0.5, 0.6) is 0 Å². The zero-order valence-corrected chi connectivity index (χ0v) is 12.7. The van der Waals surface area contributed by atoms with Gasteiger partial charge in [-0.1, -0.05) is 13.8 Å². The summed E-state index contributed by atoms with van der Waals surface area (Å²) in [4.78, 5) is 4.87. The van der Waals surface area contributed by atoms with Crippen LogP contribution in [0.25, 0.3) is 0 Å². The summed E-state index contributed by atoms with van der Waals surface area (Å²) < 4.78 is 0. The Morgan fingerprint density at radius 3 is 2.11 bits per heavy atom. The van der Waals surface area contributed by atoms with Gasteiger partial charge in [-0.2, -0.15) is 0 Å². The van der Waals surface area contributed by atoms with Crippen LogP contribution in [0.4, 0.5) is 0 Å². The molecule has 0 amide bonds. The number of nitrogens with zero attached hydrogens (tertiary/aromatic N) is 2. The zero-order valence-electron chi connectivity index (χ0n) is 12.7. The molecule has 1 unspecified atom stereocenters. The molecule has 0 spiro atoms. The first-order valence-corrected chi connectivity index (χ1v) is 7.22. The summed E-state index contributed by atoms with van der Waals surface area (Å²) in [6, 6.07) is 1.06. The van der Waals surface area contributed by atoms with Crippen molar-refractivity contribution in [3.63, 3.8) is 0 Å². The summed E-state index contributed by atoms with van der Waals surface area (Å²) in [6.07, 6.45) is 0. The Kier molecular flexibility index (Phi) is 6.05. The lowest BCUT2D eigenvalue weighted by molar-refractivity contribution is 0.000224. The Labute approximate surface area is 112 Å². The number of hydrogen-bond donors (Lipinski definition) is 2. The second-order valence-corrected chi connectivity index (χ2v) is 6.44. The second-order valence-electron chi connectivity index (χ2n) is 6.44. The fourth-order valence-corrected chi connectivity index (χ4v) is 2.40. The van der Waals surface area contributed by atoms with E-state index >= 15 is 0 Å². The van der Waals surface area contributed by atoms with Crippen LogP contribution in [0.3, 0.4) is 0 Å². The molecule has 1 atom stereocenters. The molecule has 1 saturated heterocycles. The molecule has 0 aliphatic carbocycles. The molecule has 0 saturated carbocycles. The fourth-order valence-electron chi connectivity index (χ4n) is 2.40. The molecule has 0 bridgehead atoms. The Bertz CT molecular complexity index is 233. The summed E-state index contributed by atoms with van der Waals surface area (Å²) in [7, 11) is 0. The zero-order chi connectivity index (χ0) is 13.8. The normalized spacial score (nSPS) is 22.7. The maximum atomic E-state index is 10.4. The van der Waals surface area contributed by atoms with E-state index in [1.54, 1.807) is 0 Å². The van der Waals surface area contributed by atoms with Crippen LogP contribution in [0.2, 0.25) is 0 Å². The standard InChI is InChI=1S/C14H31N3O/c1-12(2)15-10-14(5,18)11-16-6-8-17(9-7-16)13(3)4/h12-13,15,18H,6-11H2,1-5H3. The van der Waals surface area contributed by atoms with Gasteiger partial charge in [0.15, 0.2) is 0 Å². The van der Waals surface area contributed by atoms with Crippen molar-refractivity contribution in [2.24, 2.45) is 0 Å². The van der Waals surface area contributed by atoms with Crippen LogP contribution >= 0.6 is 0 Å². The molecular formula is C14H31N3O. The van der Waals surface area contributed by atoms with Crippen molar-refractivity contribution in [1.29, 1.82) is 0 Å². The van der Waals surface area contributed by atoms with Gasteiger partial charge in [0.1, 0.15) is 0 Å². The van der Waals surface area contributed by atoms with Crippen molar-refractivity contribution in [3.05, 3.63) is 0 Å². The van der Waals surface area contributed by atoms with Gasteiger partial charge >= 0.3 is 0 Å². The van der Waals surface area contributed by atoms with Crippen LogP contribution in [0.15, 0.2) is 0 Å². The maximum absolute atomic E-state index is 10.4. The number of nitrogens with one attached hydrogen (secondary N) is 1. The Morgan fingerprint density at radius 1 is 1.11 bits per heavy atom. The average molecular weight is 257 g/mol. The third kappa shape index (κ3) is 5.65. The highest BCUT2D eigenvalue weighted by molar-refractivity contribution is 4.84. The molecular weight excluding hydrogens is 226 g/mol. The first kappa shape index (κ1) is 15.9. The molecule has 1 aliphatic heterocycles. The number of hydrogen-bond acceptors (Lipinski definition) is 4. The van der Waals surface area contributed by atoms with Gasteiger partial charge in [0.05, 0.1) is 5.60 Å². The minimum Gasteiger partial charge on any atom is -0.388 e. The lowest BCUT2D eigenvalue weighted by Crippen LogP contribution is -2.55. The topological polar surface area (TPSA) is 38.7 Å². The van der Waals surface area contributed by atoms with Gasteiger partial charge in [-0.25, -0.2) is 0 Å². The van der Waals surface area contributed by atoms with Gasteiger partial charge in [0.2, 0.25) is 0 Å². The summed E-state index contributed by atoms with van der Waals surface area (Å²) in [5.41, 5.74) is -0.635. The Hall–Kier alpha value is -0.160. The van der Waals surface area contributed by atoms with Crippen molar-refractivity contribution in [3.8, 4) is 0 Å². The lowest BCUT2D eigenvalue weighted by Gasteiger charge is -2.40. The Morgan fingerprint density at radius 2 is 1.67 bits per heavy atom. The summed E-state index contributed by atoms with van der Waals surface area (Å²) >= 11 is 0. The number of β-amino-alcohol motifs (C(OH)–C–C–N with tert-alkyl or cyclic N) is 1. The van der Waals surface area contributed by atoms with Crippen LogP contribution < -0.4 is 5.32 Å². The minimum atomic E-state index is -0.635. The molecule has 0 aromatic rings. The van der Waals surface area contributed by atoms with Crippen molar-refractivity contribution in [2.45, 2.75) is 52.3 Å². The van der Waals surface area contributed by atoms with Crippen LogP contribution in [-0.2, 0) is 0 Å². The molecule has 4 nitrogen and oxygen atoms in total. The maximum Gasteiger partial charge on any atom is 0.0869 e. The van der Waals surface area contributed by atoms with E-state index in [-0.39, 0.29) is 0 Å². The number of piperazine rings is 1. The molecule has 108 valence electrons. The predicted octanol–water partition coefficient (Wildman–Crippen LogP) is 0.761. The Balaban J connectivity index is 2.31. The van der Waals surface area contributed by atoms with Gasteiger partial charge < -0.3 is 10.4 Å². The summed E-state index contributed by atoms with van der Waals surface area (Å²) in [5.74, 6) is 0. The SMILES string of the molecule is CC(C)NCC(C)(O)CN1CCN(C(C)C)CC1. The van der Waals surface area contributed by atoms with Crippen molar-refractivity contribution in [2.75, 3.05) is 39.3 Å². The lowest BCUT2D eigenvalue weighted by atomic mass is 10.1. The highest BCUT2D eigenvalue weighted by Gasteiger charge is 2.27. The smallest absolute Gasteiger partial charge is 0.0869 e. The molecule has 1 aliphatic rings. The van der Waals surface area contributed by atoms with E-state index in [9.17, 15) is 5.11 Å². The molecule has 1 fully saturated rings. The van der Waals surface area contributed by atoms with Gasteiger partial charge in [-0.05, 0) is 20.8 Å². The quantitative estimate of drug-likeness (QED) is 0.737. The average Bonchev–Trinajstić information content (AvgIpc) is 2.27. The van der Waals surface area contributed by atoms with E-state index < -0.39 is 5.60 Å². The summed E-state index contributed by atoms with van der Waals surface area (Å²) in [5, 5.41) is 13.7. The first-order valence-electron chi connectivity index (χ1n) is 7.22. The van der Waals surface area contributed by atoms with Crippen LogP contribution in [-0.4, -0.2) is 71.9 Å². The molecule has 2 N–H and O–H groups in total. The van der Waals surface area contributed by atoms with E-state index in [2.05, 4.69) is 42.8 Å². The monoisotopic (exact) mass is 257 g/mol. The van der Waals surface area contributed by atoms with Gasteiger partial charge in [0, 0.05) is 51.4 Å². The number of rotatable bonds is 6. The first-order chi connectivity index (χ1) is 8.30. The van der Waals surface area contributed by atoms with Gasteiger partial charge in [-0.3, -0.25) is 9.80 Å². The number of aliphatic hydroxyl groups is 1. The van der Waals surface area contributed by atoms with E-state index in [1.165, 1.54) is 0 Å². The predicted molar refractivity (Wildman–Crippen MR) is 76.9 cm³/mol. The molecule has 0 aromatic carbocycles. The third-order valence-electron chi connectivity index (χ3n) is 3.59. The van der Waals surface area contributed by atoms with Crippen LogP contribution in [0, 0.1) is 0 Å². The van der Waals surface area contributed by atoms with E-state index in [4.69, 9.17) is 0 Å².